The topological polar surface area (TPSA) is 0 Å². The molecule has 0 N–H and O–H groups in total. The summed E-state index contributed by atoms with van der Waals surface area (Å²) < 4.78 is 0. The van der Waals surface area contributed by atoms with E-state index in [2.05, 4.69) is 73.4 Å². The van der Waals surface area contributed by atoms with Crippen LogP contribution in [0.25, 0.3) is 10.8 Å². The average molecular weight is 282 g/mol. The van der Waals surface area contributed by atoms with Crippen molar-refractivity contribution in [1.82, 2.24) is 0 Å². The maximum absolute atomic E-state index is 6.01. The SMILES string of the molecule is C[P@@](=S)(c1ccccc1)c1cccc2ccccc12. The first-order valence-corrected chi connectivity index (χ1v) is 9.56. The minimum atomic E-state index is -1.71. The van der Waals surface area contributed by atoms with E-state index in [0.29, 0.717) is 0 Å². The van der Waals surface area contributed by atoms with Crippen molar-refractivity contribution >= 4 is 39.2 Å². The number of fused-ring (bicyclic) bond motifs is 1. The van der Waals surface area contributed by atoms with Crippen molar-refractivity contribution in [1.29, 1.82) is 0 Å². The highest BCUT2D eigenvalue weighted by Gasteiger charge is 2.18. The van der Waals surface area contributed by atoms with Crippen molar-refractivity contribution in [2.24, 2.45) is 0 Å². The van der Waals surface area contributed by atoms with Crippen LogP contribution in [0, 0.1) is 0 Å². The lowest BCUT2D eigenvalue weighted by molar-refractivity contribution is 1.76. The van der Waals surface area contributed by atoms with Gasteiger partial charge in [0.05, 0.1) is 0 Å². The van der Waals surface area contributed by atoms with E-state index in [1.54, 1.807) is 0 Å². The van der Waals surface area contributed by atoms with E-state index in [9.17, 15) is 0 Å². The van der Waals surface area contributed by atoms with Crippen LogP contribution >= 0.6 is 6.04 Å². The molecule has 0 aliphatic heterocycles. The van der Waals surface area contributed by atoms with E-state index in [0.717, 1.165) is 0 Å². The molecule has 0 aliphatic rings. The molecule has 0 nitrogen and oxygen atoms in total. The molecule has 0 amide bonds. The van der Waals surface area contributed by atoms with Crippen molar-refractivity contribution in [3.05, 3.63) is 72.8 Å². The largest absolute Gasteiger partial charge is 0.0879 e. The summed E-state index contributed by atoms with van der Waals surface area (Å²) in [5.74, 6) is 0. The fourth-order valence-electron chi connectivity index (χ4n) is 2.43. The van der Waals surface area contributed by atoms with Crippen molar-refractivity contribution in [2.45, 2.75) is 0 Å². The molecule has 3 aromatic carbocycles. The molecule has 0 bridgehead atoms. The lowest BCUT2D eigenvalue weighted by atomic mass is 10.1. The molecular weight excluding hydrogens is 267 g/mol. The molecule has 0 fully saturated rings. The third-order valence-electron chi connectivity index (χ3n) is 3.48. The van der Waals surface area contributed by atoms with Crippen LogP contribution in [0.4, 0.5) is 0 Å². The minimum absolute atomic E-state index is 1.27. The van der Waals surface area contributed by atoms with E-state index in [1.165, 1.54) is 21.4 Å². The summed E-state index contributed by atoms with van der Waals surface area (Å²) >= 11 is 6.01. The predicted molar refractivity (Wildman–Crippen MR) is 89.9 cm³/mol. The van der Waals surface area contributed by atoms with E-state index < -0.39 is 6.04 Å². The molecule has 3 aromatic rings. The van der Waals surface area contributed by atoms with Gasteiger partial charge in [0.15, 0.2) is 0 Å². The van der Waals surface area contributed by atoms with Gasteiger partial charge in [0.1, 0.15) is 0 Å². The summed E-state index contributed by atoms with van der Waals surface area (Å²) in [6, 6.07) is 23.7. The van der Waals surface area contributed by atoms with Crippen molar-refractivity contribution < 1.29 is 0 Å². The highest BCUT2D eigenvalue weighted by molar-refractivity contribution is 8.21. The van der Waals surface area contributed by atoms with Gasteiger partial charge in [-0.15, -0.1) is 0 Å². The molecule has 19 heavy (non-hydrogen) atoms. The molecule has 0 aromatic heterocycles. The van der Waals surface area contributed by atoms with E-state index in [4.69, 9.17) is 11.8 Å². The van der Waals surface area contributed by atoms with Gasteiger partial charge in [0, 0.05) is 6.04 Å². The quantitative estimate of drug-likeness (QED) is 0.642. The summed E-state index contributed by atoms with van der Waals surface area (Å²) in [5, 5.41) is 5.15. The van der Waals surface area contributed by atoms with Crippen LogP contribution in [0.15, 0.2) is 72.8 Å². The van der Waals surface area contributed by atoms with Gasteiger partial charge in [-0.25, -0.2) is 0 Å². The molecule has 94 valence electrons. The predicted octanol–water partition coefficient (Wildman–Crippen LogP) is 3.90. The summed E-state index contributed by atoms with van der Waals surface area (Å²) in [4.78, 5) is 0. The van der Waals surface area contributed by atoms with Crippen molar-refractivity contribution in [3.63, 3.8) is 0 Å². The second-order valence-corrected chi connectivity index (χ2v) is 9.80. The van der Waals surface area contributed by atoms with Gasteiger partial charge in [0.2, 0.25) is 0 Å². The van der Waals surface area contributed by atoms with Crippen LogP contribution in [-0.2, 0) is 11.8 Å². The zero-order valence-corrected chi connectivity index (χ0v) is 12.5. The Bertz CT molecular complexity index is 757. The highest BCUT2D eigenvalue weighted by atomic mass is 32.4. The standard InChI is InChI=1S/C17H15PS/c1-18(19,15-10-3-2-4-11-15)17-13-7-9-14-8-5-6-12-16(14)17/h2-13H,1H3/t18-/m1/s1. The second kappa shape index (κ2) is 4.92. The Kier molecular flexibility index (Phi) is 3.26. The van der Waals surface area contributed by atoms with Crippen LogP contribution in [0.3, 0.4) is 0 Å². The Morgan fingerprint density at radius 1 is 0.737 bits per heavy atom. The Labute approximate surface area is 119 Å². The fourth-order valence-corrected chi connectivity index (χ4v) is 5.33. The molecule has 0 radical (unpaired) electrons. The Morgan fingerprint density at radius 2 is 1.37 bits per heavy atom. The number of benzene rings is 3. The Hall–Kier alpha value is -1.43. The molecular formula is C17H15PS. The van der Waals surface area contributed by atoms with Crippen LogP contribution in [0.1, 0.15) is 0 Å². The molecule has 0 saturated heterocycles. The fraction of sp³-hybridized carbons (Fsp3) is 0.0588. The lowest BCUT2D eigenvalue weighted by Crippen LogP contribution is -2.15. The van der Waals surface area contributed by atoms with E-state index in [1.807, 2.05) is 6.07 Å². The second-order valence-electron chi connectivity index (χ2n) is 4.76. The van der Waals surface area contributed by atoms with Crippen LogP contribution < -0.4 is 10.6 Å². The molecule has 0 spiro atoms. The summed E-state index contributed by atoms with van der Waals surface area (Å²) in [7, 11) is 0. The first-order chi connectivity index (χ1) is 9.19. The van der Waals surface area contributed by atoms with Gasteiger partial charge in [-0.05, 0) is 28.0 Å². The van der Waals surface area contributed by atoms with Gasteiger partial charge in [-0.1, -0.05) is 84.6 Å². The summed E-state index contributed by atoms with van der Waals surface area (Å²) in [5.41, 5.74) is 0. The number of hydrogen-bond acceptors (Lipinski definition) is 1. The summed E-state index contributed by atoms with van der Waals surface area (Å²) in [6.07, 6.45) is 0. The number of hydrogen-bond donors (Lipinski definition) is 0. The van der Waals surface area contributed by atoms with Crippen LogP contribution in [0.5, 0.6) is 0 Å². The molecule has 0 saturated carbocycles. The molecule has 0 aliphatic carbocycles. The van der Waals surface area contributed by atoms with Crippen molar-refractivity contribution in [3.8, 4) is 0 Å². The smallest absolute Gasteiger partial charge is 0.00822 e. The van der Waals surface area contributed by atoms with Gasteiger partial charge in [-0.2, -0.15) is 0 Å². The highest BCUT2D eigenvalue weighted by Crippen LogP contribution is 2.41. The molecule has 3 rings (SSSR count). The van der Waals surface area contributed by atoms with Gasteiger partial charge in [-0.3, -0.25) is 0 Å². The minimum Gasteiger partial charge on any atom is -0.0879 e. The zero-order chi connectivity index (χ0) is 13.3. The third kappa shape index (κ3) is 2.25. The maximum atomic E-state index is 6.01. The normalized spacial score (nSPS) is 14.2. The Morgan fingerprint density at radius 3 is 2.16 bits per heavy atom. The maximum Gasteiger partial charge on any atom is 0.00822 e. The van der Waals surface area contributed by atoms with Gasteiger partial charge < -0.3 is 0 Å². The van der Waals surface area contributed by atoms with Gasteiger partial charge in [0.25, 0.3) is 0 Å². The lowest BCUT2D eigenvalue weighted by Gasteiger charge is -2.20. The van der Waals surface area contributed by atoms with Gasteiger partial charge >= 0.3 is 0 Å². The Balaban J connectivity index is 2.28. The average Bonchev–Trinajstić information content (AvgIpc) is 2.47. The van der Waals surface area contributed by atoms with E-state index in [-0.39, 0.29) is 0 Å². The molecule has 0 heterocycles. The first-order valence-electron chi connectivity index (χ1n) is 6.31. The van der Waals surface area contributed by atoms with Crippen LogP contribution in [-0.4, -0.2) is 6.66 Å². The molecule has 1 atom stereocenters. The zero-order valence-electron chi connectivity index (χ0n) is 10.8. The molecule has 2 heteroatoms. The first kappa shape index (κ1) is 12.6. The molecule has 0 unspecified atom stereocenters. The monoisotopic (exact) mass is 282 g/mol. The number of rotatable bonds is 2. The summed E-state index contributed by atoms with van der Waals surface area (Å²) in [6.45, 7) is 2.22. The third-order valence-corrected chi connectivity index (χ3v) is 7.29. The van der Waals surface area contributed by atoms with Crippen molar-refractivity contribution in [2.75, 3.05) is 6.66 Å². The van der Waals surface area contributed by atoms with Crippen LogP contribution in [0.2, 0.25) is 0 Å². The van der Waals surface area contributed by atoms with E-state index >= 15 is 0 Å².